The molecule has 0 heterocycles. The molecule has 0 aromatic heterocycles. The number of para-hydroxylation sites is 2. The average molecular weight is 643 g/mol. The third-order valence-electron chi connectivity index (χ3n) is 9.41. The summed E-state index contributed by atoms with van der Waals surface area (Å²) in [6, 6.07) is 67.3. The van der Waals surface area contributed by atoms with E-state index in [1.54, 1.807) is 0 Å². The highest BCUT2D eigenvalue weighted by atomic mass is 15.1. The normalized spacial score (nSPS) is 13.6. The zero-order valence-corrected chi connectivity index (χ0v) is 27.9. The number of anilines is 6. The molecule has 2 nitrogen and oxygen atoms in total. The fourth-order valence-corrected chi connectivity index (χ4v) is 6.79. The molecule has 0 N–H and O–H groups in total. The lowest BCUT2D eigenvalue weighted by molar-refractivity contribution is 0.854. The summed E-state index contributed by atoms with van der Waals surface area (Å²) in [6.45, 7) is 0. The topological polar surface area (TPSA) is 6.48 Å². The van der Waals surface area contributed by atoms with Crippen molar-refractivity contribution in [3.63, 3.8) is 0 Å². The van der Waals surface area contributed by atoms with Gasteiger partial charge in [0, 0.05) is 40.0 Å². The first-order valence-corrected chi connectivity index (χ1v) is 17.3. The maximum Gasteiger partial charge on any atom is 0.0462 e. The summed E-state index contributed by atoms with van der Waals surface area (Å²) in [4.78, 5) is 4.64. The van der Waals surface area contributed by atoms with E-state index in [-0.39, 0.29) is 0 Å². The van der Waals surface area contributed by atoms with Gasteiger partial charge in [-0.3, -0.25) is 0 Å². The van der Waals surface area contributed by atoms with Crippen molar-refractivity contribution in [1.82, 2.24) is 0 Å². The van der Waals surface area contributed by atoms with Crippen molar-refractivity contribution in [2.75, 3.05) is 9.80 Å². The zero-order valence-electron chi connectivity index (χ0n) is 27.9. The van der Waals surface area contributed by atoms with E-state index in [2.05, 4.69) is 222 Å². The predicted molar refractivity (Wildman–Crippen MR) is 212 cm³/mol. The SMILES string of the molecule is C1=CCC(c2ccc(N(c3ccccc3)c3ccc(-c4ccc(N(c5ccccc5)c5ccc(-c6ccccc6)cc5)cc4)cc3)cc2)C=C1. The molecule has 0 aliphatic heterocycles. The van der Waals surface area contributed by atoms with Crippen LogP contribution in [0.15, 0.2) is 212 Å². The van der Waals surface area contributed by atoms with Gasteiger partial charge in [-0.15, -0.1) is 0 Å². The van der Waals surface area contributed by atoms with Gasteiger partial charge in [0.1, 0.15) is 0 Å². The maximum atomic E-state index is 2.33. The molecule has 1 aliphatic rings. The van der Waals surface area contributed by atoms with E-state index in [1.165, 1.54) is 27.8 Å². The molecule has 1 aliphatic carbocycles. The lowest BCUT2D eigenvalue weighted by Gasteiger charge is -2.26. The van der Waals surface area contributed by atoms with E-state index in [1.807, 2.05) is 0 Å². The quantitative estimate of drug-likeness (QED) is 0.155. The van der Waals surface area contributed by atoms with Crippen molar-refractivity contribution in [3.8, 4) is 22.3 Å². The van der Waals surface area contributed by atoms with Crippen molar-refractivity contribution < 1.29 is 0 Å². The predicted octanol–water partition coefficient (Wildman–Crippen LogP) is 13.6. The van der Waals surface area contributed by atoms with Crippen molar-refractivity contribution in [2.45, 2.75) is 12.3 Å². The summed E-state index contributed by atoms with van der Waals surface area (Å²) >= 11 is 0. The van der Waals surface area contributed by atoms with Crippen LogP contribution in [-0.2, 0) is 0 Å². The van der Waals surface area contributed by atoms with Crippen LogP contribution in [0.2, 0.25) is 0 Å². The van der Waals surface area contributed by atoms with Gasteiger partial charge in [-0.1, -0.05) is 140 Å². The first-order chi connectivity index (χ1) is 24.8. The van der Waals surface area contributed by atoms with Crippen LogP contribution in [0.25, 0.3) is 22.3 Å². The first kappa shape index (κ1) is 30.9. The molecule has 0 fully saturated rings. The molecule has 7 aromatic rings. The molecule has 0 radical (unpaired) electrons. The second kappa shape index (κ2) is 14.4. The van der Waals surface area contributed by atoms with Crippen LogP contribution < -0.4 is 9.80 Å². The van der Waals surface area contributed by atoms with Crippen molar-refractivity contribution in [3.05, 3.63) is 218 Å². The van der Waals surface area contributed by atoms with Gasteiger partial charge in [0.2, 0.25) is 0 Å². The number of benzene rings is 7. The average Bonchev–Trinajstić information content (AvgIpc) is 3.21. The fourth-order valence-electron chi connectivity index (χ4n) is 6.79. The molecular weight excluding hydrogens is 605 g/mol. The Hall–Kier alpha value is -6.38. The summed E-state index contributed by atoms with van der Waals surface area (Å²) in [5.74, 6) is 0.435. The maximum absolute atomic E-state index is 2.33. The molecule has 0 amide bonds. The Morgan fingerprint density at radius 2 is 0.660 bits per heavy atom. The monoisotopic (exact) mass is 642 g/mol. The van der Waals surface area contributed by atoms with Gasteiger partial charge in [0.25, 0.3) is 0 Å². The largest absolute Gasteiger partial charge is 0.311 e. The molecule has 2 heteroatoms. The van der Waals surface area contributed by atoms with Gasteiger partial charge in [-0.2, -0.15) is 0 Å². The van der Waals surface area contributed by atoms with Crippen molar-refractivity contribution in [1.29, 1.82) is 0 Å². The minimum atomic E-state index is 0.435. The minimum absolute atomic E-state index is 0.435. The first-order valence-electron chi connectivity index (χ1n) is 17.3. The number of nitrogens with zero attached hydrogens (tertiary/aromatic N) is 2. The Kier molecular flexibility index (Phi) is 8.90. The number of hydrogen-bond acceptors (Lipinski definition) is 2. The number of hydrogen-bond donors (Lipinski definition) is 0. The molecule has 8 rings (SSSR count). The minimum Gasteiger partial charge on any atom is -0.311 e. The third-order valence-corrected chi connectivity index (χ3v) is 9.41. The Morgan fingerprint density at radius 3 is 1.04 bits per heavy atom. The van der Waals surface area contributed by atoms with Crippen LogP contribution in [0.1, 0.15) is 17.9 Å². The molecule has 0 saturated heterocycles. The Morgan fingerprint density at radius 1 is 0.320 bits per heavy atom. The van der Waals surface area contributed by atoms with E-state index in [9.17, 15) is 0 Å². The second-order valence-corrected chi connectivity index (χ2v) is 12.6. The highest BCUT2D eigenvalue weighted by Gasteiger charge is 2.16. The summed E-state index contributed by atoms with van der Waals surface area (Å²) in [7, 11) is 0. The zero-order chi connectivity index (χ0) is 33.5. The van der Waals surface area contributed by atoms with Crippen LogP contribution in [0.3, 0.4) is 0 Å². The van der Waals surface area contributed by atoms with Gasteiger partial charge in [0.15, 0.2) is 0 Å². The van der Waals surface area contributed by atoms with E-state index in [0.717, 1.165) is 40.5 Å². The van der Waals surface area contributed by atoms with E-state index in [4.69, 9.17) is 0 Å². The van der Waals surface area contributed by atoms with Gasteiger partial charge in [-0.05, 0) is 107 Å². The summed E-state index contributed by atoms with van der Waals surface area (Å²) < 4.78 is 0. The van der Waals surface area contributed by atoms with Crippen molar-refractivity contribution >= 4 is 34.1 Å². The van der Waals surface area contributed by atoms with E-state index >= 15 is 0 Å². The summed E-state index contributed by atoms with van der Waals surface area (Å²) in [6.07, 6.45) is 9.86. The van der Waals surface area contributed by atoms with Crippen LogP contribution in [-0.4, -0.2) is 0 Å². The molecule has 1 atom stereocenters. The van der Waals surface area contributed by atoms with E-state index < -0.39 is 0 Å². The molecule has 50 heavy (non-hydrogen) atoms. The van der Waals surface area contributed by atoms with Crippen LogP contribution in [0.5, 0.6) is 0 Å². The number of rotatable bonds is 9. The molecule has 0 spiro atoms. The molecule has 1 unspecified atom stereocenters. The molecule has 7 aromatic carbocycles. The Labute approximate surface area is 295 Å². The van der Waals surface area contributed by atoms with Crippen molar-refractivity contribution in [2.24, 2.45) is 0 Å². The Balaban J connectivity index is 1.07. The second-order valence-electron chi connectivity index (χ2n) is 12.6. The summed E-state index contributed by atoms with van der Waals surface area (Å²) in [5, 5.41) is 0. The Bertz CT molecular complexity index is 2180. The molecule has 0 saturated carbocycles. The van der Waals surface area contributed by atoms with E-state index in [0.29, 0.717) is 5.92 Å². The number of allylic oxidation sites excluding steroid dienone is 4. The summed E-state index contributed by atoms with van der Waals surface area (Å²) in [5.41, 5.74) is 12.9. The van der Waals surface area contributed by atoms with Gasteiger partial charge in [-0.25, -0.2) is 0 Å². The van der Waals surface area contributed by atoms with Crippen LogP contribution in [0.4, 0.5) is 34.1 Å². The lowest BCUT2D eigenvalue weighted by Crippen LogP contribution is -2.10. The molecular formula is C48H38N2. The van der Waals surface area contributed by atoms with Gasteiger partial charge in [0.05, 0.1) is 0 Å². The smallest absolute Gasteiger partial charge is 0.0462 e. The highest BCUT2D eigenvalue weighted by Crippen LogP contribution is 2.39. The standard InChI is InChI=1S/C48H38N2/c1-5-13-37(14-6-1)39-21-29-45(30-22-39)49(43-17-9-3-10-18-43)47-33-25-41(26-34-47)42-27-35-48(36-28-42)50(44-19-11-4-12-20-44)46-31-23-40(24-32-46)38-15-7-2-8-16-38/h1-15,17-36,38H,16H2. The highest BCUT2D eigenvalue weighted by molar-refractivity contribution is 5.81. The third kappa shape index (κ3) is 6.65. The van der Waals surface area contributed by atoms with Gasteiger partial charge >= 0.3 is 0 Å². The molecule has 240 valence electrons. The lowest BCUT2D eigenvalue weighted by atomic mass is 9.92. The fraction of sp³-hybridized carbons (Fsp3) is 0.0417. The van der Waals surface area contributed by atoms with Crippen LogP contribution >= 0.6 is 0 Å². The van der Waals surface area contributed by atoms with Crippen LogP contribution in [0, 0.1) is 0 Å². The van der Waals surface area contributed by atoms with Gasteiger partial charge < -0.3 is 9.80 Å². The molecule has 0 bridgehead atoms.